The van der Waals surface area contributed by atoms with E-state index >= 15 is 0 Å². The predicted molar refractivity (Wildman–Crippen MR) is 123 cm³/mol. The summed E-state index contributed by atoms with van der Waals surface area (Å²) >= 11 is 7.14. The monoisotopic (exact) mass is 490 g/mol. The van der Waals surface area contributed by atoms with E-state index in [2.05, 4.69) is 20.8 Å². The van der Waals surface area contributed by atoms with Gasteiger partial charge in [-0.3, -0.25) is 19.7 Å². The Kier molecular flexibility index (Phi) is 7.85. The highest BCUT2D eigenvalue weighted by atomic mass is 35.5. The van der Waals surface area contributed by atoms with Gasteiger partial charge in [-0.2, -0.15) is 0 Å². The zero-order valence-corrected chi connectivity index (χ0v) is 19.1. The normalized spacial score (nSPS) is 10.5. The molecule has 0 saturated carbocycles. The number of aromatic nitrogens is 3. The van der Waals surface area contributed by atoms with E-state index in [4.69, 9.17) is 16.3 Å². The average molecular weight is 491 g/mol. The molecule has 3 rings (SSSR count). The molecule has 0 saturated heterocycles. The van der Waals surface area contributed by atoms with Gasteiger partial charge in [-0.25, -0.2) is 0 Å². The van der Waals surface area contributed by atoms with Gasteiger partial charge in [0, 0.05) is 29.8 Å². The maximum absolute atomic E-state index is 12.3. The molecule has 13 heteroatoms. The number of rotatable bonds is 9. The highest BCUT2D eigenvalue weighted by Crippen LogP contribution is 2.28. The molecule has 3 aromatic rings. The summed E-state index contributed by atoms with van der Waals surface area (Å²) in [5.41, 5.74) is 0.445. The number of anilines is 1. The molecule has 0 aliphatic carbocycles. The summed E-state index contributed by atoms with van der Waals surface area (Å²) in [6.45, 7) is 0.0531. The van der Waals surface area contributed by atoms with E-state index < -0.39 is 10.8 Å². The van der Waals surface area contributed by atoms with Crippen molar-refractivity contribution in [3.63, 3.8) is 0 Å². The number of hydrogen-bond donors (Lipinski definition) is 2. The van der Waals surface area contributed by atoms with Crippen molar-refractivity contribution in [2.24, 2.45) is 7.05 Å². The van der Waals surface area contributed by atoms with Gasteiger partial charge in [0.1, 0.15) is 5.75 Å². The van der Waals surface area contributed by atoms with Crippen molar-refractivity contribution < 1.29 is 19.2 Å². The van der Waals surface area contributed by atoms with Crippen molar-refractivity contribution in [2.75, 3.05) is 18.2 Å². The number of nitro benzene ring substituents is 1. The molecule has 0 aliphatic rings. The summed E-state index contributed by atoms with van der Waals surface area (Å²) in [4.78, 5) is 34.9. The molecule has 0 aliphatic heterocycles. The van der Waals surface area contributed by atoms with Gasteiger partial charge in [-0.15, -0.1) is 10.2 Å². The van der Waals surface area contributed by atoms with Gasteiger partial charge < -0.3 is 19.9 Å². The zero-order valence-electron chi connectivity index (χ0n) is 17.6. The number of halogens is 1. The lowest BCUT2D eigenvalue weighted by molar-refractivity contribution is -0.384. The molecule has 2 aromatic carbocycles. The van der Waals surface area contributed by atoms with Gasteiger partial charge >= 0.3 is 0 Å². The van der Waals surface area contributed by atoms with Crippen LogP contribution in [0.1, 0.15) is 16.2 Å². The van der Waals surface area contributed by atoms with Crippen molar-refractivity contribution in [1.29, 1.82) is 0 Å². The Labute approximate surface area is 197 Å². The van der Waals surface area contributed by atoms with Gasteiger partial charge in [0.15, 0.2) is 11.0 Å². The molecule has 0 fully saturated rings. The number of hydrogen-bond acceptors (Lipinski definition) is 8. The third kappa shape index (κ3) is 6.20. The Bertz CT molecular complexity index is 1200. The number of thioether (sulfide) groups is 1. The summed E-state index contributed by atoms with van der Waals surface area (Å²) in [6.07, 6.45) is 0. The molecule has 0 spiro atoms. The molecule has 172 valence electrons. The van der Waals surface area contributed by atoms with Crippen molar-refractivity contribution >= 4 is 46.6 Å². The van der Waals surface area contributed by atoms with Crippen LogP contribution in [0.25, 0.3) is 0 Å². The molecule has 33 heavy (non-hydrogen) atoms. The van der Waals surface area contributed by atoms with Crippen molar-refractivity contribution in [3.05, 3.63) is 69.0 Å². The number of carbonyl (C=O) groups excluding carboxylic acids is 2. The first-order valence-electron chi connectivity index (χ1n) is 9.45. The average Bonchev–Trinajstić information content (AvgIpc) is 3.15. The molecule has 2 N–H and O–H groups in total. The van der Waals surface area contributed by atoms with E-state index in [9.17, 15) is 19.7 Å². The van der Waals surface area contributed by atoms with Crippen LogP contribution in [0.3, 0.4) is 0 Å². The molecule has 0 unspecified atom stereocenters. The Balaban J connectivity index is 1.56. The molecular weight excluding hydrogens is 472 g/mol. The lowest BCUT2D eigenvalue weighted by Crippen LogP contribution is -2.24. The summed E-state index contributed by atoms with van der Waals surface area (Å²) < 4.78 is 6.85. The van der Waals surface area contributed by atoms with Gasteiger partial charge in [-0.05, 0) is 24.3 Å². The maximum Gasteiger partial charge on any atom is 0.270 e. The highest BCUT2D eigenvalue weighted by molar-refractivity contribution is 7.99. The second-order valence-electron chi connectivity index (χ2n) is 6.63. The predicted octanol–water partition coefficient (Wildman–Crippen LogP) is 3.05. The van der Waals surface area contributed by atoms with Gasteiger partial charge in [0.25, 0.3) is 11.6 Å². The fraction of sp³-hybridized carbons (Fsp3) is 0.200. The largest absolute Gasteiger partial charge is 0.495 e. The zero-order chi connectivity index (χ0) is 24.0. The van der Waals surface area contributed by atoms with Gasteiger partial charge in [0.2, 0.25) is 5.91 Å². The molecule has 0 atom stereocenters. The summed E-state index contributed by atoms with van der Waals surface area (Å²) in [5, 5.41) is 25.3. The second kappa shape index (κ2) is 10.8. The summed E-state index contributed by atoms with van der Waals surface area (Å²) in [5.74, 6) is 0.225. The number of methoxy groups -OCH3 is 1. The van der Waals surface area contributed by atoms with Crippen LogP contribution < -0.4 is 15.4 Å². The van der Waals surface area contributed by atoms with E-state index in [1.807, 2.05) is 0 Å². The molecule has 1 aromatic heterocycles. The standard InChI is InChI=1S/C20H19ClN6O5S/c1-26-17(10-22-19(29)12-4-3-5-14(8-12)27(30)31)24-25-20(26)33-11-18(28)23-15-9-13(21)6-7-16(15)32-2/h3-9H,10-11H2,1-2H3,(H,22,29)(H,23,28). The van der Waals surface area contributed by atoms with E-state index in [1.165, 1.54) is 31.4 Å². The Morgan fingerprint density at radius 2 is 2.03 bits per heavy atom. The van der Waals surface area contributed by atoms with Crippen LogP contribution in [0.4, 0.5) is 11.4 Å². The van der Waals surface area contributed by atoms with Crippen molar-refractivity contribution in [1.82, 2.24) is 20.1 Å². The molecule has 2 amide bonds. The molecule has 1 heterocycles. The van der Waals surface area contributed by atoms with Crippen LogP contribution in [0, 0.1) is 10.1 Å². The number of benzene rings is 2. The number of ether oxygens (including phenoxy) is 1. The molecule has 0 radical (unpaired) electrons. The fourth-order valence-electron chi connectivity index (χ4n) is 2.74. The van der Waals surface area contributed by atoms with Gasteiger partial charge in [-0.1, -0.05) is 29.4 Å². The first kappa shape index (κ1) is 24.0. The minimum atomic E-state index is -0.568. The van der Waals surface area contributed by atoms with E-state index in [0.717, 1.165) is 11.8 Å². The first-order valence-corrected chi connectivity index (χ1v) is 10.8. The van der Waals surface area contributed by atoms with Crippen LogP contribution >= 0.6 is 23.4 Å². The summed E-state index contributed by atoms with van der Waals surface area (Å²) in [7, 11) is 3.20. The fourth-order valence-corrected chi connectivity index (χ4v) is 3.64. The number of non-ortho nitro benzene ring substituents is 1. The summed E-state index contributed by atoms with van der Waals surface area (Å²) in [6, 6.07) is 10.3. The second-order valence-corrected chi connectivity index (χ2v) is 8.01. The van der Waals surface area contributed by atoms with Crippen molar-refractivity contribution in [3.8, 4) is 5.75 Å². The molecule has 0 bridgehead atoms. The van der Waals surface area contributed by atoms with E-state index in [0.29, 0.717) is 27.4 Å². The Morgan fingerprint density at radius 1 is 1.24 bits per heavy atom. The highest BCUT2D eigenvalue weighted by Gasteiger charge is 2.15. The number of amides is 2. The van der Waals surface area contributed by atoms with Crippen molar-refractivity contribution in [2.45, 2.75) is 11.7 Å². The quantitative estimate of drug-likeness (QED) is 0.265. The lowest BCUT2D eigenvalue weighted by atomic mass is 10.2. The van der Waals surface area contributed by atoms with E-state index in [1.54, 1.807) is 29.8 Å². The Hall–Kier alpha value is -3.64. The van der Waals surface area contributed by atoms with Crippen LogP contribution in [0.2, 0.25) is 5.02 Å². The first-order chi connectivity index (χ1) is 15.8. The number of nitrogens with one attached hydrogen (secondary N) is 2. The third-order valence-electron chi connectivity index (χ3n) is 4.42. The smallest absolute Gasteiger partial charge is 0.270 e. The minimum Gasteiger partial charge on any atom is -0.495 e. The number of carbonyl (C=O) groups is 2. The number of nitro groups is 1. The minimum absolute atomic E-state index is 0.0531. The Morgan fingerprint density at radius 3 is 2.76 bits per heavy atom. The van der Waals surface area contributed by atoms with Crippen LogP contribution in [-0.2, 0) is 18.4 Å². The maximum atomic E-state index is 12.3. The lowest BCUT2D eigenvalue weighted by Gasteiger charge is -2.10. The SMILES string of the molecule is COc1ccc(Cl)cc1NC(=O)CSc1nnc(CNC(=O)c2cccc([N+](=O)[O-])c2)n1C. The van der Waals surface area contributed by atoms with Crippen LogP contribution in [0.5, 0.6) is 5.75 Å². The molecule has 11 nitrogen and oxygen atoms in total. The number of nitrogens with zero attached hydrogens (tertiary/aromatic N) is 4. The van der Waals surface area contributed by atoms with E-state index in [-0.39, 0.29) is 29.5 Å². The molecular formula is C20H19ClN6O5S. The topological polar surface area (TPSA) is 141 Å². The van der Waals surface area contributed by atoms with Crippen LogP contribution in [-0.4, -0.2) is 44.4 Å². The van der Waals surface area contributed by atoms with Crippen LogP contribution in [0.15, 0.2) is 47.6 Å². The van der Waals surface area contributed by atoms with Gasteiger partial charge in [0.05, 0.1) is 30.0 Å². The third-order valence-corrected chi connectivity index (χ3v) is 5.67.